The fourth-order valence-electron chi connectivity index (χ4n) is 5.00. The van der Waals surface area contributed by atoms with E-state index in [2.05, 4.69) is 5.10 Å². The Labute approximate surface area is 233 Å². The summed E-state index contributed by atoms with van der Waals surface area (Å²) in [6.45, 7) is 13.4. The van der Waals surface area contributed by atoms with Crippen LogP contribution < -0.4 is 10.5 Å². The van der Waals surface area contributed by atoms with Crippen molar-refractivity contribution in [2.45, 2.75) is 66.5 Å². The fraction of sp³-hybridized carbons (Fsp3) is 0.630. The number of aromatic nitrogens is 4. The maximum atomic E-state index is 13.9. The van der Waals surface area contributed by atoms with Gasteiger partial charge in [-0.3, -0.25) is 14.4 Å². The molecule has 4 heterocycles. The Bertz CT molecular complexity index is 1380. The monoisotopic (exact) mass is 557 g/mol. The molecule has 0 bridgehead atoms. The lowest BCUT2D eigenvalue weighted by molar-refractivity contribution is -0.143. The Balaban J connectivity index is 1.73. The Kier molecular flexibility index (Phi) is 8.50. The number of rotatable bonds is 6. The number of piperazine rings is 1. The zero-order valence-electron chi connectivity index (χ0n) is 24.2. The number of hydrogen-bond donors (Lipinski definition) is 0. The standard InChI is InChI=1S/C27H39N7O6/c1-7-20-22(31-13-15-32(16-14-31)26(38)40-27(4,5)6)24(37)34-25(33(20)17-21(36)39-8-2)28-23(29-34)19-9-11-30(12-10-19)18(3)35/h9H,7-8,10-17H2,1-6H3. The van der Waals surface area contributed by atoms with E-state index in [0.717, 1.165) is 5.57 Å². The van der Waals surface area contributed by atoms with E-state index in [1.807, 2.05) is 38.7 Å². The van der Waals surface area contributed by atoms with Crippen molar-refractivity contribution in [1.82, 2.24) is 29.0 Å². The molecule has 2 amide bonds. The van der Waals surface area contributed by atoms with Crippen LogP contribution in [0.1, 0.15) is 59.5 Å². The summed E-state index contributed by atoms with van der Waals surface area (Å²) in [5, 5.41) is 4.57. The van der Waals surface area contributed by atoms with Gasteiger partial charge in [-0.2, -0.15) is 9.50 Å². The number of ether oxygens (including phenoxy) is 2. The molecule has 0 radical (unpaired) electrons. The Morgan fingerprint density at radius 1 is 1.02 bits per heavy atom. The van der Waals surface area contributed by atoms with Gasteiger partial charge in [0.2, 0.25) is 11.7 Å². The number of carbonyl (C=O) groups is 3. The first-order chi connectivity index (χ1) is 18.9. The van der Waals surface area contributed by atoms with Gasteiger partial charge in [-0.25, -0.2) is 4.79 Å². The highest BCUT2D eigenvalue weighted by atomic mass is 16.6. The molecule has 0 spiro atoms. The molecule has 1 fully saturated rings. The molecule has 2 aromatic heterocycles. The van der Waals surface area contributed by atoms with E-state index in [1.54, 1.807) is 21.3 Å². The van der Waals surface area contributed by atoms with Crippen molar-refractivity contribution in [2.75, 3.05) is 50.8 Å². The van der Waals surface area contributed by atoms with Crippen LogP contribution in [-0.2, 0) is 32.0 Å². The van der Waals surface area contributed by atoms with Crippen LogP contribution in [-0.4, -0.2) is 98.4 Å². The minimum absolute atomic E-state index is 0.00335. The first kappa shape index (κ1) is 29.1. The maximum Gasteiger partial charge on any atom is 0.410 e. The molecule has 13 heteroatoms. The molecule has 40 heavy (non-hydrogen) atoms. The highest BCUT2D eigenvalue weighted by molar-refractivity contribution is 5.75. The van der Waals surface area contributed by atoms with E-state index in [0.29, 0.717) is 69.3 Å². The molecule has 0 aromatic carbocycles. The normalized spacial score (nSPS) is 16.2. The molecule has 13 nitrogen and oxygen atoms in total. The molecule has 0 saturated carbocycles. The van der Waals surface area contributed by atoms with Crippen molar-refractivity contribution in [3.63, 3.8) is 0 Å². The second-order valence-electron chi connectivity index (χ2n) is 10.9. The molecular weight excluding hydrogens is 518 g/mol. The second kappa shape index (κ2) is 11.7. The van der Waals surface area contributed by atoms with Gasteiger partial charge in [0.1, 0.15) is 17.8 Å². The molecule has 2 aromatic rings. The van der Waals surface area contributed by atoms with Crippen molar-refractivity contribution >= 4 is 35.0 Å². The quantitative estimate of drug-likeness (QED) is 0.487. The number of amides is 2. The van der Waals surface area contributed by atoms with Crippen LogP contribution in [0.3, 0.4) is 0 Å². The summed E-state index contributed by atoms with van der Waals surface area (Å²) in [6.07, 6.45) is 2.54. The van der Waals surface area contributed by atoms with Gasteiger partial charge >= 0.3 is 12.1 Å². The number of anilines is 1. The summed E-state index contributed by atoms with van der Waals surface area (Å²) in [6, 6.07) is 0. The van der Waals surface area contributed by atoms with E-state index in [4.69, 9.17) is 14.5 Å². The smallest absolute Gasteiger partial charge is 0.410 e. The lowest BCUT2D eigenvalue weighted by Crippen LogP contribution is -2.51. The summed E-state index contributed by atoms with van der Waals surface area (Å²) >= 11 is 0. The predicted molar refractivity (Wildman–Crippen MR) is 148 cm³/mol. The maximum absolute atomic E-state index is 13.9. The molecule has 0 atom stereocenters. The van der Waals surface area contributed by atoms with Gasteiger partial charge < -0.3 is 28.7 Å². The zero-order valence-corrected chi connectivity index (χ0v) is 24.2. The van der Waals surface area contributed by atoms with E-state index in [9.17, 15) is 19.2 Å². The van der Waals surface area contributed by atoms with E-state index in [-0.39, 0.29) is 36.5 Å². The molecule has 0 unspecified atom stereocenters. The minimum Gasteiger partial charge on any atom is -0.465 e. The lowest BCUT2D eigenvalue weighted by Gasteiger charge is -2.37. The van der Waals surface area contributed by atoms with Crippen LogP contribution in [0.4, 0.5) is 10.5 Å². The average Bonchev–Trinajstić information content (AvgIpc) is 3.35. The molecule has 1 saturated heterocycles. The number of carbonyl (C=O) groups excluding carboxylic acids is 3. The molecule has 2 aliphatic rings. The van der Waals surface area contributed by atoms with Crippen molar-refractivity contribution < 1.29 is 23.9 Å². The Morgan fingerprint density at radius 3 is 2.27 bits per heavy atom. The van der Waals surface area contributed by atoms with Crippen LogP contribution in [0.2, 0.25) is 0 Å². The van der Waals surface area contributed by atoms with Crippen LogP contribution >= 0.6 is 0 Å². The van der Waals surface area contributed by atoms with Crippen LogP contribution in [0.5, 0.6) is 0 Å². The van der Waals surface area contributed by atoms with E-state index < -0.39 is 11.6 Å². The van der Waals surface area contributed by atoms with Crippen molar-refractivity contribution in [1.29, 1.82) is 0 Å². The second-order valence-corrected chi connectivity index (χ2v) is 10.9. The van der Waals surface area contributed by atoms with Gasteiger partial charge in [-0.15, -0.1) is 5.10 Å². The van der Waals surface area contributed by atoms with Crippen LogP contribution in [0.15, 0.2) is 10.9 Å². The van der Waals surface area contributed by atoms with Crippen LogP contribution in [0, 0.1) is 0 Å². The zero-order chi connectivity index (χ0) is 29.2. The van der Waals surface area contributed by atoms with Gasteiger partial charge in [-0.1, -0.05) is 13.0 Å². The SMILES string of the molecule is CCOC(=O)Cn1c(CC)c(N2CCN(C(=O)OC(C)(C)C)CC2)c(=O)n2nc(C3=CCN(C(C)=O)CC3)nc12. The topological polar surface area (TPSA) is 132 Å². The summed E-state index contributed by atoms with van der Waals surface area (Å²) in [5.41, 5.74) is 0.987. The molecular formula is C27H39N7O6. The molecule has 218 valence electrons. The summed E-state index contributed by atoms with van der Waals surface area (Å²) in [5.74, 6) is 0.209. The first-order valence-electron chi connectivity index (χ1n) is 13.8. The van der Waals surface area contributed by atoms with Gasteiger partial charge in [0.05, 0.1) is 12.3 Å². The number of fused-ring (bicyclic) bond motifs is 1. The van der Waals surface area contributed by atoms with Gasteiger partial charge in [0.15, 0.2) is 5.82 Å². The fourth-order valence-corrected chi connectivity index (χ4v) is 5.00. The Hall–Kier alpha value is -3.90. The van der Waals surface area contributed by atoms with Gasteiger partial charge in [0, 0.05) is 46.2 Å². The molecule has 4 rings (SSSR count). The molecule has 0 aliphatic carbocycles. The van der Waals surface area contributed by atoms with Gasteiger partial charge in [0.25, 0.3) is 5.56 Å². The van der Waals surface area contributed by atoms with Crippen molar-refractivity contribution in [3.05, 3.63) is 27.9 Å². The first-order valence-corrected chi connectivity index (χ1v) is 13.8. The predicted octanol–water partition coefficient (Wildman–Crippen LogP) is 1.71. The lowest BCUT2D eigenvalue weighted by atomic mass is 10.1. The summed E-state index contributed by atoms with van der Waals surface area (Å²) < 4.78 is 13.7. The number of esters is 1. The summed E-state index contributed by atoms with van der Waals surface area (Å²) in [4.78, 5) is 60.9. The third-order valence-corrected chi connectivity index (χ3v) is 6.94. The van der Waals surface area contributed by atoms with E-state index in [1.165, 1.54) is 11.4 Å². The Morgan fingerprint density at radius 2 is 1.73 bits per heavy atom. The van der Waals surface area contributed by atoms with E-state index >= 15 is 0 Å². The largest absolute Gasteiger partial charge is 0.465 e. The van der Waals surface area contributed by atoms with Crippen molar-refractivity contribution in [2.24, 2.45) is 0 Å². The molecule has 2 aliphatic heterocycles. The highest BCUT2D eigenvalue weighted by Gasteiger charge is 2.31. The third kappa shape index (κ3) is 6.13. The van der Waals surface area contributed by atoms with Crippen molar-refractivity contribution in [3.8, 4) is 0 Å². The highest BCUT2D eigenvalue weighted by Crippen LogP contribution is 2.24. The van der Waals surface area contributed by atoms with Gasteiger partial charge in [-0.05, 0) is 46.1 Å². The third-order valence-electron chi connectivity index (χ3n) is 6.94. The number of hydrogen-bond acceptors (Lipinski definition) is 9. The number of nitrogens with zero attached hydrogens (tertiary/aromatic N) is 7. The average molecular weight is 558 g/mol. The minimum atomic E-state index is -0.599. The summed E-state index contributed by atoms with van der Waals surface area (Å²) in [7, 11) is 0. The van der Waals surface area contributed by atoms with Crippen LogP contribution in [0.25, 0.3) is 11.4 Å². The molecule has 0 N–H and O–H groups in total.